The fraction of sp³-hybridized carbons (Fsp3) is 0.174. The van der Waals surface area contributed by atoms with Crippen molar-refractivity contribution in [1.29, 1.82) is 0 Å². The van der Waals surface area contributed by atoms with Gasteiger partial charge in [0.2, 0.25) is 0 Å². The van der Waals surface area contributed by atoms with Crippen molar-refractivity contribution in [1.82, 2.24) is 0 Å². The predicted molar refractivity (Wildman–Crippen MR) is 104 cm³/mol. The molecule has 0 atom stereocenters. The van der Waals surface area contributed by atoms with Gasteiger partial charge in [-0.05, 0) is 37.1 Å². The van der Waals surface area contributed by atoms with Gasteiger partial charge in [-0.15, -0.1) is 0 Å². The van der Waals surface area contributed by atoms with E-state index >= 15 is 0 Å². The normalized spacial score (nSPS) is 11.8. The molecule has 0 heterocycles. The van der Waals surface area contributed by atoms with E-state index in [2.05, 4.69) is 6.58 Å². The smallest absolute Gasteiger partial charge is 0.163 e. The Balaban J connectivity index is 1.95. The summed E-state index contributed by atoms with van der Waals surface area (Å²) in [5.41, 5.74) is 2.62. The Labute approximate surface area is 155 Å². The lowest BCUT2D eigenvalue weighted by atomic mass is 10.1. The highest BCUT2D eigenvalue weighted by Gasteiger charge is 2.07. The molecule has 0 saturated carbocycles. The number of carbonyl (C=O) groups is 1. The maximum atomic E-state index is 11.9. The molecule has 0 saturated heterocycles. The quantitative estimate of drug-likeness (QED) is 0.348. The first-order chi connectivity index (χ1) is 12.6. The molecule has 2 rings (SSSR count). The van der Waals surface area contributed by atoms with E-state index in [1.165, 1.54) is 6.92 Å². The number of carbonyl (C=O) groups excluding carboxylic acids is 1. The third-order valence-corrected chi connectivity index (χ3v) is 3.76. The first kappa shape index (κ1) is 19.3. The summed E-state index contributed by atoms with van der Waals surface area (Å²) in [4.78, 5) is 11.9. The van der Waals surface area contributed by atoms with Crippen LogP contribution in [0.1, 0.15) is 25.0 Å². The number of ketones is 1. The van der Waals surface area contributed by atoms with Crippen molar-refractivity contribution in [2.45, 2.75) is 27.1 Å². The van der Waals surface area contributed by atoms with Gasteiger partial charge in [-0.25, -0.2) is 0 Å². The molecule has 0 spiro atoms. The molecule has 26 heavy (non-hydrogen) atoms. The average Bonchev–Trinajstić information content (AvgIpc) is 2.66. The summed E-state index contributed by atoms with van der Waals surface area (Å²) in [6.45, 7) is 8.03. The molecule has 2 aromatic rings. The predicted octanol–water partition coefficient (Wildman–Crippen LogP) is 5.35. The Kier molecular flexibility index (Phi) is 7.44. The van der Waals surface area contributed by atoms with E-state index in [1.54, 1.807) is 19.1 Å². The minimum absolute atomic E-state index is 0.0670. The van der Waals surface area contributed by atoms with Crippen LogP contribution >= 0.6 is 0 Å². The molecule has 3 heteroatoms. The van der Waals surface area contributed by atoms with Gasteiger partial charge in [-0.3, -0.25) is 4.79 Å². The van der Waals surface area contributed by atoms with Crippen LogP contribution in [0.2, 0.25) is 0 Å². The van der Waals surface area contributed by atoms with Gasteiger partial charge in [0, 0.05) is 0 Å². The largest absolute Gasteiger partial charge is 0.493 e. The van der Waals surface area contributed by atoms with Crippen molar-refractivity contribution in [3.8, 4) is 0 Å². The first-order valence-electron chi connectivity index (χ1n) is 8.48. The van der Waals surface area contributed by atoms with Crippen LogP contribution in [-0.4, -0.2) is 5.78 Å². The maximum Gasteiger partial charge on any atom is 0.163 e. The van der Waals surface area contributed by atoms with E-state index in [-0.39, 0.29) is 5.78 Å². The van der Waals surface area contributed by atoms with Gasteiger partial charge in [0.05, 0.1) is 5.57 Å². The topological polar surface area (TPSA) is 35.5 Å². The standard InChI is InChI=1S/C23H24O3/c1-18(25-16-21-10-6-4-7-11-21)14-15-23(19(2)24)20(3)26-17-22-12-8-5-9-13-22/h4-15H,1,16-17H2,2-3H3/b15-14-,23-20-. The van der Waals surface area contributed by atoms with Crippen molar-refractivity contribution < 1.29 is 14.3 Å². The lowest BCUT2D eigenvalue weighted by Gasteiger charge is -2.10. The zero-order valence-corrected chi connectivity index (χ0v) is 15.3. The number of hydrogen-bond donors (Lipinski definition) is 0. The first-order valence-corrected chi connectivity index (χ1v) is 8.48. The summed E-state index contributed by atoms with van der Waals surface area (Å²) in [7, 11) is 0. The Hall–Kier alpha value is -3.07. The van der Waals surface area contributed by atoms with E-state index < -0.39 is 0 Å². The molecule has 0 radical (unpaired) electrons. The second kappa shape index (κ2) is 10.0. The third kappa shape index (κ3) is 6.44. The van der Waals surface area contributed by atoms with Crippen LogP contribution in [0.4, 0.5) is 0 Å². The molecular formula is C23H24O3. The highest BCUT2D eigenvalue weighted by Crippen LogP contribution is 2.14. The van der Waals surface area contributed by atoms with Gasteiger partial charge in [0.1, 0.15) is 24.7 Å². The molecule has 0 aliphatic rings. The molecule has 0 amide bonds. The molecule has 0 fully saturated rings. The molecule has 0 N–H and O–H groups in total. The van der Waals surface area contributed by atoms with Crippen LogP contribution in [-0.2, 0) is 27.5 Å². The summed E-state index contributed by atoms with van der Waals surface area (Å²) >= 11 is 0. The van der Waals surface area contributed by atoms with Crippen molar-refractivity contribution >= 4 is 5.78 Å². The number of allylic oxidation sites excluding steroid dienone is 4. The molecule has 0 bridgehead atoms. The lowest BCUT2D eigenvalue weighted by molar-refractivity contribution is -0.113. The Bertz CT molecular complexity index is 787. The van der Waals surface area contributed by atoms with Gasteiger partial charge in [-0.2, -0.15) is 0 Å². The SMILES string of the molecule is C=C(/C=C\C(C(C)=O)=C(/C)OCc1ccccc1)OCc1ccccc1. The van der Waals surface area contributed by atoms with E-state index in [1.807, 2.05) is 60.7 Å². The Morgan fingerprint density at radius 1 is 0.846 bits per heavy atom. The van der Waals surface area contributed by atoms with Crippen LogP contribution in [0.25, 0.3) is 0 Å². The number of hydrogen-bond acceptors (Lipinski definition) is 3. The maximum absolute atomic E-state index is 11.9. The molecule has 0 aliphatic heterocycles. The zero-order chi connectivity index (χ0) is 18.8. The van der Waals surface area contributed by atoms with Gasteiger partial charge >= 0.3 is 0 Å². The van der Waals surface area contributed by atoms with Gasteiger partial charge in [0.15, 0.2) is 5.78 Å². The summed E-state index contributed by atoms with van der Waals surface area (Å²) in [5, 5.41) is 0. The molecule has 0 unspecified atom stereocenters. The van der Waals surface area contributed by atoms with Crippen molar-refractivity contribution in [3.05, 3.63) is 108 Å². The second-order valence-corrected chi connectivity index (χ2v) is 5.87. The van der Waals surface area contributed by atoms with Crippen molar-refractivity contribution in [2.24, 2.45) is 0 Å². The molecule has 0 aliphatic carbocycles. The van der Waals surface area contributed by atoms with E-state index in [4.69, 9.17) is 9.47 Å². The highest BCUT2D eigenvalue weighted by atomic mass is 16.5. The summed E-state index contributed by atoms with van der Waals surface area (Å²) in [6, 6.07) is 19.7. The fourth-order valence-electron chi connectivity index (χ4n) is 2.30. The number of ether oxygens (including phenoxy) is 2. The number of Topliss-reactive ketones (excluding diaryl/α,β-unsaturated/α-hetero) is 1. The molecule has 0 aromatic heterocycles. The highest BCUT2D eigenvalue weighted by molar-refractivity contribution is 5.96. The van der Waals surface area contributed by atoms with Crippen LogP contribution in [0.3, 0.4) is 0 Å². The van der Waals surface area contributed by atoms with Crippen LogP contribution in [0.5, 0.6) is 0 Å². The number of rotatable bonds is 9. The van der Waals surface area contributed by atoms with E-state index in [0.717, 1.165) is 11.1 Å². The molecule has 2 aromatic carbocycles. The Morgan fingerprint density at radius 2 is 1.35 bits per heavy atom. The minimum atomic E-state index is -0.0670. The minimum Gasteiger partial charge on any atom is -0.493 e. The monoisotopic (exact) mass is 348 g/mol. The molecule has 3 nitrogen and oxygen atoms in total. The van der Waals surface area contributed by atoms with Gasteiger partial charge in [-0.1, -0.05) is 67.2 Å². The van der Waals surface area contributed by atoms with E-state index in [9.17, 15) is 4.79 Å². The van der Waals surface area contributed by atoms with Crippen LogP contribution in [0, 0.1) is 0 Å². The van der Waals surface area contributed by atoms with Crippen molar-refractivity contribution in [3.63, 3.8) is 0 Å². The van der Waals surface area contributed by atoms with E-state index in [0.29, 0.717) is 30.3 Å². The fourth-order valence-corrected chi connectivity index (χ4v) is 2.30. The van der Waals surface area contributed by atoms with Crippen molar-refractivity contribution in [2.75, 3.05) is 0 Å². The second-order valence-electron chi connectivity index (χ2n) is 5.87. The number of benzene rings is 2. The molecular weight excluding hydrogens is 324 g/mol. The molecule has 134 valence electrons. The van der Waals surface area contributed by atoms with Crippen LogP contribution in [0.15, 0.2) is 96.5 Å². The summed E-state index contributed by atoms with van der Waals surface area (Å²) < 4.78 is 11.4. The Morgan fingerprint density at radius 3 is 1.85 bits per heavy atom. The summed E-state index contributed by atoms with van der Waals surface area (Å²) in [6.07, 6.45) is 3.38. The zero-order valence-electron chi connectivity index (χ0n) is 15.3. The lowest BCUT2D eigenvalue weighted by Crippen LogP contribution is -2.01. The van der Waals surface area contributed by atoms with Gasteiger partial charge < -0.3 is 9.47 Å². The average molecular weight is 348 g/mol. The van der Waals surface area contributed by atoms with Gasteiger partial charge in [0.25, 0.3) is 0 Å². The third-order valence-electron chi connectivity index (χ3n) is 3.76. The summed E-state index contributed by atoms with van der Waals surface area (Å²) in [5.74, 6) is 1.000. The van der Waals surface area contributed by atoms with Crippen LogP contribution < -0.4 is 0 Å².